The van der Waals surface area contributed by atoms with Crippen LogP contribution in [0.25, 0.3) is 10.7 Å². The molecule has 7 heteroatoms. The monoisotopic (exact) mass is 339 g/mol. The number of para-hydroxylation sites is 1. The fourth-order valence-corrected chi connectivity index (χ4v) is 3.12. The molecule has 1 amide bonds. The largest absolute Gasteiger partial charge is 0.486 e. The predicted molar refractivity (Wildman–Crippen MR) is 90.7 cm³/mol. The van der Waals surface area contributed by atoms with Crippen molar-refractivity contribution >= 4 is 22.9 Å². The first-order valence-electron chi connectivity index (χ1n) is 7.38. The lowest BCUT2D eigenvalue weighted by Gasteiger charge is -2.20. The molecule has 3 aromatic rings. The second-order valence-electron chi connectivity index (χ2n) is 5.04. The number of rotatable bonds is 3. The Morgan fingerprint density at radius 3 is 2.92 bits per heavy atom. The zero-order valence-electron chi connectivity index (χ0n) is 12.6. The summed E-state index contributed by atoms with van der Waals surface area (Å²) in [5.41, 5.74) is 1.66. The molecule has 0 saturated heterocycles. The van der Waals surface area contributed by atoms with Crippen LogP contribution in [-0.2, 0) is 0 Å². The lowest BCUT2D eigenvalue weighted by Crippen LogP contribution is -2.18. The number of carbonyl (C=O) groups is 1. The van der Waals surface area contributed by atoms with E-state index in [1.54, 1.807) is 17.6 Å². The Bertz CT molecular complexity index is 880. The number of nitrogens with one attached hydrogen (secondary N) is 1. The Morgan fingerprint density at radius 2 is 2.04 bits per heavy atom. The van der Waals surface area contributed by atoms with Crippen molar-refractivity contribution in [2.75, 3.05) is 18.5 Å². The fraction of sp³-hybridized carbons (Fsp3) is 0.118. The summed E-state index contributed by atoms with van der Waals surface area (Å²) < 4.78 is 11.1. The van der Waals surface area contributed by atoms with E-state index in [0.717, 1.165) is 5.69 Å². The maximum atomic E-state index is 12.5. The number of anilines is 1. The van der Waals surface area contributed by atoms with Gasteiger partial charge in [-0.25, -0.2) is 4.98 Å². The molecule has 0 spiro atoms. The molecule has 0 fully saturated rings. The maximum Gasteiger partial charge on any atom is 0.275 e. The Morgan fingerprint density at radius 1 is 1.12 bits per heavy atom. The minimum absolute atomic E-state index is 0.295. The van der Waals surface area contributed by atoms with Gasteiger partial charge in [0.2, 0.25) is 0 Å². The third-order valence-corrected chi connectivity index (χ3v) is 4.30. The Labute approximate surface area is 142 Å². The minimum atomic E-state index is -0.295. The van der Waals surface area contributed by atoms with Gasteiger partial charge in [-0.1, -0.05) is 12.1 Å². The van der Waals surface area contributed by atoms with Gasteiger partial charge in [-0.2, -0.15) is 0 Å². The standard InChI is InChI=1S/C17H13N3O3S/c21-16(13-10-24-17(20-13)12-4-1-2-7-18-12)19-11-5-3-6-14-15(11)23-9-8-22-14/h1-7,10H,8-9H2,(H,19,21). The van der Waals surface area contributed by atoms with Crippen LogP contribution in [0.5, 0.6) is 11.5 Å². The van der Waals surface area contributed by atoms with Gasteiger partial charge in [0, 0.05) is 11.6 Å². The van der Waals surface area contributed by atoms with Gasteiger partial charge in [0.25, 0.3) is 5.91 Å². The zero-order chi connectivity index (χ0) is 16.4. The third-order valence-electron chi connectivity index (χ3n) is 3.44. The van der Waals surface area contributed by atoms with Crippen molar-refractivity contribution < 1.29 is 14.3 Å². The Hall–Kier alpha value is -2.93. The average Bonchev–Trinajstić information content (AvgIpc) is 3.13. The summed E-state index contributed by atoms with van der Waals surface area (Å²) in [4.78, 5) is 21.1. The molecule has 0 radical (unpaired) electrons. The topological polar surface area (TPSA) is 73.3 Å². The molecule has 2 aromatic heterocycles. The molecule has 6 nitrogen and oxygen atoms in total. The van der Waals surface area contributed by atoms with E-state index in [0.29, 0.717) is 41.1 Å². The van der Waals surface area contributed by atoms with E-state index < -0.39 is 0 Å². The zero-order valence-corrected chi connectivity index (χ0v) is 13.4. The smallest absolute Gasteiger partial charge is 0.275 e. The number of ether oxygens (including phenoxy) is 2. The molecule has 1 aliphatic heterocycles. The number of aromatic nitrogens is 2. The highest BCUT2D eigenvalue weighted by Crippen LogP contribution is 2.37. The molecular formula is C17H13N3O3S. The number of fused-ring (bicyclic) bond motifs is 1. The van der Waals surface area contributed by atoms with E-state index in [2.05, 4.69) is 15.3 Å². The molecule has 3 heterocycles. The number of pyridine rings is 1. The van der Waals surface area contributed by atoms with Crippen LogP contribution < -0.4 is 14.8 Å². The summed E-state index contributed by atoms with van der Waals surface area (Å²) in [6.07, 6.45) is 1.70. The average molecular weight is 339 g/mol. The molecule has 0 unspecified atom stereocenters. The molecule has 4 rings (SSSR count). The van der Waals surface area contributed by atoms with Crippen LogP contribution in [0.4, 0.5) is 5.69 Å². The van der Waals surface area contributed by atoms with Gasteiger partial charge < -0.3 is 14.8 Å². The lowest BCUT2D eigenvalue weighted by molar-refractivity contribution is 0.102. The normalized spacial score (nSPS) is 12.7. The summed E-state index contributed by atoms with van der Waals surface area (Å²) in [6.45, 7) is 0.963. The van der Waals surface area contributed by atoms with Crippen molar-refractivity contribution in [1.82, 2.24) is 9.97 Å². The number of carbonyl (C=O) groups excluding carboxylic acids is 1. The number of hydrogen-bond donors (Lipinski definition) is 1. The highest BCUT2D eigenvalue weighted by Gasteiger charge is 2.19. The summed E-state index contributed by atoms with van der Waals surface area (Å²) in [5, 5.41) is 5.25. The summed E-state index contributed by atoms with van der Waals surface area (Å²) in [5.74, 6) is 0.889. The van der Waals surface area contributed by atoms with Crippen LogP contribution in [0, 0.1) is 0 Å². The lowest BCUT2D eigenvalue weighted by atomic mass is 10.2. The second-order valence-corrected chi connectivity index (χ2v) is 5.89. The van der Waals surface area contributed by atoms with Crippen LogP contribution in [0.1, 0.15) is 10.5 Å². The SMILES string of the molecule is O=C(Nc1cccc2c1OCCO2)c1csc(-c2ccccn2)n1. The molecule has 24 heavy (non-hydrogen) atoms. The molecule has 0 saturated carbocycles. The van der Waals surface area contributed by atoms with Crippen LogP contribution >= 0.6 is 11.3 Å². The van der Waals surface area contributed by atoms with Crippen LogP contribution in [0.2, 0.25) is 0 Å². The summed E-state index contributed by atoms with van der Waals surface area (Å²) >= 11 is 1.38. The third kappa shape index (κ3) is 2.81. The van der Waals surface area contributed by atoms with Crippen LogP contribution in [-0.4, -0.2) is 29.1 Å². The van der Waals surface area contributed by atoms with Crippen LogP contribution in [0.15, 0.2) is 48.0 Å². The van der Waals surface area contributed by atoms with E-state index in [4.69, 9.17) is 9.47 Å². The summed E-state index contributed by atoms with van der Waals surface area (Å²) in [7, 11) is 0. The molecule has 1 aliphatic rings. The number of hydrogen-bond acceptors (Lipinski definition) is 6. The van der Waals surface area contributed by atoms with Crippen molar-refractivity contribution in [2.24, 2.45) is 0 Å². The highest BCUT2D eigenvalue weighted by atomic mass is 32.1. The van der Waals surface area contributed by atoms with Gasteiger partial charge in [0.15, 0.2) is 11.5 Å². The second kappa shape index (κ2) is 6.29. The molecular weight excluding hydrogens is 326 g/mol. The highest BCUT2D eigenvalue weighted by molar-refractivity contribution is 7.13. The van der Waals surface area contributed by atoms with Gasteiger partial charge in [-0.3, -0.25) is 9.78 Å². The quantitative estimate of drug-likeness (QED) is 0.793. The molecule has 0 atom stereocenters. The first kappa shape index (κ1) is 14.6. The molecule has 1 N–H and O–H groups in total. The first-order valence-corrected chi connectivity index (χ1v) is 8.26. The van der Waals surface area contributed by atoms with Crippen molar-refractivity contribution in [2.45, 2.75) is 0 Å². The number of nitrogens with zero attached hydrogens (tertiary/aromatic N) is 2. The van der Waals surface area contributed by atoms with Crippen molar-refractivity contribution in [3.63, 3.8) is 0 Å². The Balaban J connectivity index is 1.56. The number of amides is 1. The fourth-order valence-electron chi connectivity index (χ4n) is 2.34. The van der Waals surface area contributed by atoms with Crippen LogP contribution in [0.3, 0.4) is 0 Å². The number of thiazole rings is 1. The molecule has 1 aromatic carbocycles. The van der Waals surface area contributed by atoms with Gasteiger partial charge in [0.05, 0.1) is 11.4 Å². The van der Waals surface area contributed by atoms with E-state index in [1.807, 2.05) is 30.3 Å². The summed E-state index contributed by atoms with van der Waals surface area (Å²) in [6, 6.07) is 11.0. The van der Waals surface area contributed by atoms with Crippen molar-refractivity contribution in [3.05, 3.63) is 53.7 Å². The van der Waals surface area contributed by atoms with E-state index in [9.17, 15) is 4.79 Å². The minimum Gasteiger partial charge on any atom is -0.486 e. The van der Waals surface area contributed by atoms with E-state index in [1.165, 1.54) is 11.3 Å². The van der Waals surface area contributed by atoms with Gasteiger partial charge in [-0.05, 0) is 24.3 Å². The van der Waals surface area contributed by atoms with Crippen molar-refractivity contribution in [1.29, 1.82) is 0 Å². The van der Waals surface area contributed by atoms with Gasteiger partial charge in [-0.15, -0.1) is 11.3 Å². The Kier molecular flexibility index (Phi) is 3.84. The molecule has 0 aliphatic carbocycles. The van der Waals surface area contributed by atoms with Gasteiger partial charge in [0.1, 0.15) is 23.9 Å². The number of benzene rings is 1. The van der Waals surface area contributed by atoms with Crippen molar-refractivity contribution in [3.8, 4) is 22.2 Å². The van der Waals surface area contributed by atoms with E-state index >= 15 is 0 Å². The molecule has 0 bridgehead atoms. The van der Waals surface area contributed by atoms with Gasteiger partial charge >= 0.3 is 0 Å². The first-order chi connectivity index (χ1) is 11.8. The predicted octanol–water partition coefficient (Wildman–Crippen LogP) is 3.23. The molecule has 120 valence electrons. The van der Waals surface area contributed by atoms with E-state index in [-0.39, 0.29) is 5.91 Å². The maximum absolute atomic E-state index is 12.5.